The van der Waals surface area contributed by atoms with E-state index in [4.69, 9.17) is 15.2 Å². The molecule has 2 N–H and O–H groups in total. The van der Waals surface area contributed by atoms with Gasteiger partial charge in [-0.15, -0.1) is 11.3 Å². The van der Waals surface area contributed by atoms with Crippen molar-refractivity contribution in [1.82, 2.24) is 4.90 Å². The molecule has 1 aromatic heterocycles. The van der Waals surface area contributed by atoms with Gasteiger partial charge in [0.15, 0.2) is 0 Å². The van der Waals surface area contributed by atoms with Gasteiger partial charge in [-0.2, -0.15) is 0 Å². The van der Waals surface area contributed by atoms with Crippen molar-refractivity contribution in [2.45, 2.75) is 32.4 Å². The van der Waals surface area contributed by atoms with Crippen LogP contribution in [0, 0.1) is 0 Å². The lowest BCUT2D eigenvalue weighted by Gasteiger charge is -2.17. The number of nitrogen functional groups attached to an aromatic ring is 1. The predicted octanol–water partition coefficient (Wildman–Crippen LogP) is 7.92. The maximum atomic E-state index is 6.27. The van der Waals surface area contributed by atoms with Gasteiger partial charge in [0, 0.05) is 22.5 Å². The number of benzene rings is 4. The quantitative estimate of drug-likeness (QED) is 0.195. The Balaban J connectivity index is 1.15. The first-order valence-electron chi connectivity index (χ1n) is 13.6. The van der Waals surface area contributed by atoms with Gasteiger partial charge in [0.25, 0.3) is 0 Å². The summed E-state index contributed by atoms with van der Waals surface area (Å²) in [5.74, 6) is 1.88. The third-order valence-electron chi connectivity index (χ3n) is 7.60. The van der Waals surface area contributed by atoms with Crippen molar-refractivity contribution in [2.75, 3.05) is 25.9 Å². The van der Waals surface area contributed by atoms with Crippen LogP contribution in [0.2, 0.25) is 0 Å². The highest BCUT2D eigenvalue weighted by atomic mass is 32.1. The van der Waals surface area contributed by atoms with Crippen molar-refractivity contribution in [2.24, 2.45) is 0 Å². The lowest BCUT2D eigenvalue weighted by Crippen LogP contribution is -2.18. The zero-order valence-corrected chi connectivity index (χ0v) is 23.2. The molecule has 1 saturated heterocycles. The monoisotopic (exact) mass is 534 g/mol. The zero-order chi connectivity index (χ0) is 26.6. The summed E-state index contributed by atoms with van der Waals surface area (Å²) in [4.78, 5) is 2.51. The maximum Gasteiger partial charge on any atom is 0.123 e. The summed E-state index contributed by atoms with van der Waals surface area (Å²) in [5.41, 5.74) is 14.0. The Kier molecular flexibility index (Phi) is 7.53. The number of nitrogens with zero attached hydrogens (tertiary/aromatic N) is 1. The fraction of sp³-hybridized carbons (Fsp3) is 0.235. The highest BCUT2D eigenvalue weighted by molar-refractivity contribution is 7.17. The Morgan fingerprint density at radius 3 is 2.49 bits per heavy atom. The number of methoxy groups -OCH3 is 1. The second-order valence-corrected chi connectivity index (χ2v) is 11.2. The SMILES string of the molecule is COc1cc(Cc2csc3cc(OCc4ccccc4-c4ccc(N)cc4)ccc23)ccc1CN1CCCC1. The van der Waals surface area contributed by atoms with Gasteiger partial charge >= 0.3 is 0 Å². The molecule has 0 spiro atoms. The molecule has 6 rings (SSSR count). The Bertz CT molecular complexity index is 1570. The smallest absolute Gasteiger partial charge is 0.123 e. The second kappa shape index (κ2) is 11.5. The van der Waals surface area contributed by atoms with Gasteiger partial charge in [0.05, 0.1) is 7.11 Å². The van der Waals surface area contributed by atoms with Crippen LogP contribution in [0.15, 0.2) is 90.3 Å². The molecule has 5 aromatic rings. The highest BCUT2D eigenvalue weighted by Crippen LogP contribution is 2.33. The number of likely N-dealkylation sites (tertiary alicyclic amines) is 1. The molecule has 1 fully saturated rings. The fourth-order valence-electron chi connectivity index (χ4n) is 5.47. The molecule has 0 radical (unpaired) electrons. The number of nitrogens with two attached hydrogens (primary N) is 1. The summed E-state index contributed by atoms with van der Waals surface area (Å²) in [6.45, 7) is 3.85. The van der Waals surface area contributed by atoms with Crippen LogP contribution in [-0.2, 0) is 19.6 Å². The number of rotatable bonds is 9. The molecule has 0 saturated carbocycles. The van der Waals surface area contributed by atoms with E-state index < -0.39 is 0 Å². The molecular weight excluding hydrogens is 500 g/mol. The number of fused-ring (bicyclic) bond motifs is 1. The minimum atomic E-state index is 0.508. The third kappa shape index (κ3) is 5.80. The fourth-order valence-corrected chi connectivity index (χ4v) is 6.46. The highest BCUT2D eigenvalue weighted by Gasteiger charge is 2.15. The maximum absolute atomic E-state index is 6.27. The molecule has 1 aliphatic rings. The van der Waals surface area contributed by atoms with Gasteiger partial charge in [0.1, 0.15) is 18.1 Å². The van der Waals surface area contributed by atoms with E-state index in [2.05, 4.69) is 83.1 Å². The van der Waals surface area contributed by atoms with E-state index >= 15 is 0 Å². The Hall–Kier alpha value is -3.80. The largest absolute Gasteiger partial charge is 0.496 e. The number of ether oxygens (including phenoxy) is 2. The van der Waals surface area contributed by atoms with E-state index in [1.54, 1.807) is 18.4 Å². The van der Waals surface area contributed by atoms with Gasteiger partial charge in [-0.25, -0.2) is 0 Å². The van der Waals surface area contributed by atoms with E-state index in [0.29, 0.717) is 6.61 Å². The summed E-state index contributed by atoms with van der Waals surface area (Å²) >= 11 is 1.78. The molecule has 4 aromatic carbocycles. The standard InChI is InChI=1S/C34H34N2O2S/c1-37-33-19-24(8-9-26(33)21-36-16-4-5-17-36)18-28-23-39-34-20-30(14-15-32(28)34)38-22-27-6-2-3-7-31(27)25-10-12-29(35)13-11-25/h2-3,6-15,19-20,23H,4-5,16-18,21-22,35H2,1H3. The zero-order valence-electron chi connectivity index (χ0n) is 22.4. The first kappa shape index (κ1) is 25.5. The lowest BCUT2D eigenvalue weighted by molar-refractivity contribution is 0.307. The number of hydrogen-bond acceptors (Lipinski definition) is 5. The molecule has 2 heterocycles. The minimum Gasteiger partial charge on any atom is -0.496 e. The van der Waals surface area contributed by atoms with Crippen molar-refractivity contribution >= 4 is 27.1 Å². The molecule has 5 heteroatoms. The van der Waals surface area contributed by atoms with Crippen LogP contribution in [0.25, 0.3) is 21.2 Å². The predicted molar refractivity (Wildman–Crippen MR) is 163 cm³/mol. The molecule has 0 bridgehead atoms. The molecule has 0 aliphatic carbocycles. The Morgan fingerprint density at radius 1 is 0.846 bits per heavy atom. The lowest BCUT2D eigenvalue weighted by atomic mass is 10.00. The van der Waals surface area contributed by atoms with Gasteiger partial charge in [0.2, 0.25) is 0 Å². The van der Waals surface area contributed by atoms with Gasteiger partial charge < -0.3 is 15.2 Å². The van der Waals surface area contributed by atoms with Crippen LogP contribution < -0.4 is 15.2 Å². The van der Waals surface area contributed by atoms with Gasteiger partial charge in [-0.3, -0.25) is 4.90 Å². The van der Waals surface area contributed by atoms with E-state index in [1.165, 1.54) is 58.3 Å². The van der Waals surface area contributed by atoms with Gasteiger partial charge in [-0.1, -0.05) is 48.5 Å². The molecule has 0 unspecified atom stereocenters. The molecule has 4 nitrogen and oxygen atoms in total. The molecule has 1 aliphatic heterocycles. The van der Waals surface area contributed by atoms with Crippen LogP contribution in [0.3, 0.4) is 0 Å². The molecule has 198 valence electrons. The summed E-state index contributed by atoms with van der Waals surface area (Å²) in [5, 5.41) is 3.56. The molecule has 39 heavy (non-hydrogen) atoms. The van der Waals surface area contributed by atoms with Crippen LogP contribution in [0.5, 0.6) is 11.5 Å². The summed E-state index contributed by atoms with van der Waals surface area (Å²) in [6, 6.07) is 29.5. The number of hydrogen-bond donors (Lipinski definition) is 1. The van der Waals surface area contributed by atoms with Crippen LogP contribution in [0.1, 0.15) is 35.1 Å². The van der Waals surface area contributed by atoms with E-state index in [0.717, 1.165) is 41.3 Å². The van der Waals surface area contributed by atoms with Crippen LogP contribution in [0.4, 0.5) is 5.69 Å². The normalized spacial score (nSPS) is 13.7. The van der Waals surface area contributed by atoms with Crippen molar-refractivity contribution in [3.8, 4) is 22.6 Å². The van der Waals surface area contributed by atoms with Crippen molar-refractivity contribution in [1.29, 1.82) is 0 Å². The summed E-state index contributed by atoms with van der Waals surface area (Å²) in [6.07, 6.45) is 3.49. The summed E-state index contributed by atoms with van der Waals surface area (Å²) < 4.78 is 13.3. The number of thiophene rings is 1. The van der Waals surface area contributed by atoms with E-state index in [9.17, 15) is 0 Å². The van der Waals surface area contributed by atoms with Crippen molar-refractivity contribution < 1.29 is 9.47 Å². The first-order chi connectivity index (χ1) is 19.2. The van der Waals surface area contributed by atoms with E-state index in [-0.39, 0.29) is 0 Å². The topological polar surface area (TPSA) is 47.7 Å². The van der Waals surface area contributed by atoms with Crippen LogP contribution >= 0.6 is 11.3 Å². The van der Waals surface area contributed by atoms with Crippen molar-refractivity contribution in [3.05, 3.63) is 113 Å². The van der Waals surface area contributed by atoms with Crippen molar-refractivity contribution in [3.63, 3.8) is 0 Å². The molecule has 0 atom stereocenters. The average molecular weight is 535 g/mol. The molecule has 0 amide bonds. The Labute approximate surface area is 234 Å². The van der Waals surface area contributed by atoms with Gasteiger partial charge in [-0.05, 0) is 107 Å². The second-order valence-electron chi connectivity index (χ2n) is 10.3. The first-order valence-corrected chi connectivity index (χ1v) is 14.5. The average Bonchev–Trinajstić information content (AvgIpc) is 3.63. The van der Waals surface area contributed by atoms with Crippen LogP contribution in [-0.4, -0.2) is 25.1 Å². The number of anilines is 1. The minimum absolute atomic E-state index is 0.508. The third-order valence-corrected chi connectivity index (χ3v) is 8.59. The summed E-state index contributed by atoms with van der Waals surface area (Å²) in [7, 11) is 1.78. The Morgan fingerprint density at radius 2 is 1.67 bits per heavy atom. The molecular formula is C34H34N2O2S. The van der Waals surface area contributed by atoms with E-state index in [1.807, 2.05) is 12.1 Å².